The van der Waals surface area contributed by atoms with Crippen molar-refractivity contribution in [3.63, 3.8) is 0 Å². The molecule has 3 rings (SSSR count). The number of fused-ring (bicyclic) bond motifs is 1. The van der Waals surface area contributed by atoms with Crippen LogP contribution in [0.5, 0.6) is 11.5 Å². The van der Waals surface area contributed by atoms with E-state index in [2.05, 4.69) is 10.2 Å². The smallest absolute Gasteiger partial charge is 0.262 e. The van der Waals surface area contributed by atoms with Crippen LogP contribution in [0.3, 0.4) is 0 Å². The molecule has 0 bridgehead atoms. The van der Waals surface area contributed by atoms with Gasteiger partial charge in [0.15, 0.2) is 6.10 Å². The van der Waals surface area contributed by atoms with Crippen molar-refractivity contribution in [2.45, 2.75) is 6.10 Å². The molecule has 1 heterocycles. The van der Waals surface area contributed by atoms with Gasteiger partial charge in [-0.3, -0.25) is 4.79 Å². The van der Waals surface area contributed by atoms with Gasteiger partial charge in [0.1, 0.15) is 18.1 Å². The number of anilines is 1. The molecule has 2 aromatic rings. The average Bonchev–Trinajstić information content (AvgIpc) is 2.62. The quantitative estimate of drug-likeness (QED) is 0.863. The monoisotopic (exact) mass is 380 g/mol. The lowest BCUT2D eigenvalue weighted by Crippen LogP contribution is -2.49. The van der Waals surface area contributed by atoms with E-state index in [0.29, 0.717) is 41.2 Å². The second-order valence-corrected chi connectivity index (χ2v) is 6.40. The Morgan fingerprint density at radius 3 is 2.88 bits per heavy atom. The summed E-state index contributed by atoms with van der Waals surface area (Å²) in [7, 11) is 1.60. The van der Waals surface area contributed by atoms with Crippen molar-refractivity contribution in [3.05, 3.63) is 52.5 Å². The molecule has 0 unspecified atom stereocenters. The van der Waals surface area contributed by atoms with Crippen LogP contribution in [-0.4, -0.2) is 38.8 Å². The molecule has 132 valence electrons. The second-order valence-electron chi connectivity index (χ2n) is 5.56. The van der Waals surface area contributed by atoms with Gasteiger partial charge in [-0.05, 0) is 30.3 Å². The fourth-order valence-electron chi connectivity index (χ4n) is 2.67. The van der Waals surface area contributed by atoms with Crippen LogP contribution in [0.1, 0.15) is 0 Å². The van der Waals surface area contributed by atoms with Crippen molar-refractivity contribution >= 4 is 34.8 Å². The summed E-state index contributed by atoms with van der Waals surface area (Å²) in [6.07, 6.45) is -0.556. The molecule has 1 N–H and O–H groups in total. The van der Waals surface area contributed by atoms with Crippen LogP contribution in [0.25, 0.3) is 0 Å². The number of amides is 1. The van der Waals surface area contributed by atoms with Crippen LogP contribution < -0.4 is 19.7 Å². The molecule has 0 spiro atoms. The maximum atomic E-state index is 12.0. The Hall–Kier alpha value is -2.11. The van der Waals surface area contributed by atoms with Crippen molar-refractivity contribution < 1.29 is 14.3 Å². The number of ether oxygens (including phenoxy) is 2. The molecule has 1 amide bonds. The van der Waals surface area contributed by atoms with Gasteiger partial charge in [-0.25, -0.2) is 0 Å². The molecular formula is C18H18Cl2N2O3. The Bertz CT molecular complexity index is 770. The predicted octanol–water partition coefficient (Wildman–Crippen LogP) is 3.39. The maximum Gasteiger partial charge on any atom is 0.262 e. The Balaban J connectivity index is 1.69. The summed E-state index contributed by atoms with van der Waals surface area (Å²) >= 11 is 12.0. The van der Waals surface area contributed by atoms with Crippen molar-refractivity contribution in [1.29, 1.82) is 0 Å². The fourth-order valence-corrected chi connectivity index (χ4v) is 3.14. The number of para-hydroxylation sites is 2. The maximum absolute atomic E-state index is 12.0. The van der Waals surface area contributed by atoms with Crippen molar-refractivity contribution in [2.75, 3.05) is 31.6 Å². The number of likely N-dealkylation sites (N-methyl/N-ethyl adjacent to an activating group) is 1. The minimum absolute atomic E-state index is 0.152. The Morgan fingerprint density at radius 1 is 1.32 bits per heavy atom. The average molecular weight is 381 g/mol. The zero-order valence-electron chi connectivity index (χ0n) is 13.7. The molecule has 25 heavy (non-hydrogen) atoms. The minimum Gasteiger partial charge on any atom is -0.490 e. The number of rotatable bonds is 5. The van der Waals surface area contributed by atoms with E-state index in [9.17, 15) is 4.79 Å². The fraction of sp³-hybridized carbons (Fsp3) is 0.278. The van der Waals surface area contributed by atoms with Gasteiger partial charge >= 0.3 is 0 Å². The zero-order chi connectivity index (χ0) is 17.8. The highest BCUT2D eigenvalue weighted by Crippen LogP contribution is 2.33. The number of carbonyl (C=O) groups excluding carboxylic acids is 1. The molecule has 0 saturated carbocycles. The Morgan fingerprint density at radius 2 is 2.12 bits per heavy atom. The van der Waals surface area contributed by atoms with Crippen molar-refractivity contribution in [2.24, 2.45) is 0 Å². The van der Waals surface area contributed by atoms with Crippen LogP contribution in [0.15, 0.2) is 42.5 Å². The summed E-state index contributed by atoms with van der Waals surface area (Å²) in [4.78, 5) is 14.0. The highest BCUT2D eigenvalue weighted by Gasteiger charge is 2.29. The van der Waals surface area contributed by atoms with E-state index in [1.54, 1.807) is 25.2 Å². The molecule has 0 aliphatic carbocycles. The number of nitrogens with one attached hydrogen (secondary N) is 1. The van der Waals surface area contributed by atoms with Crippen molar-refractivity contribution in [1.82, 2.24) is 5.32 Å². The van der Waals surface area contributed by atoms with E-state index in [-0.39, 0.29) is 5.91 Å². The number of halogens is 2. The third kappa shape index (κ3) is 4.11. The molecule has 5 nitrogen and oxygen atoms in total. The molecule has 1 atom stereocenters. The lowest BCUT2D eigenvalue weighted by molar-refractivity contribution is -0.127. The van der Waals surface area contributed by atoms with Gasteiger partial charge in [-0.15, -0.1) is 0 Å². The lowest BCUT2D eigenvalue weighted by Gasteiger charge is -2.35. The molecular weight excluding hydrogens is 363 g/mol. The van der Waals surface area contributed by atoms with Gasteiger partial charge in [0.2, 0.25) is 0 Å². The summed E-state index contributed by atoms with van der Waals surface area (Å²) in [5, 5.41) is 3.66. The third-order valence-corrected chi connectivity index (χ3v) is 4.44. The molecule has 0 fully saturated rings. The Kier molecular flexibility index (Phi) is 5.56. The first-order valence-electron chi connectivity index (χ1n) is 7.88. The highest BCUT2D eigenvalue weighted by molar-refractivity contribution is 6.35. The highest BCUT2D eigenvalue weighted by atomic mass is 35.5. The first-order chi connectivity index (χ1) is 12.1. The first-order valence-corrected chi connectivity index (χ1v) is 8.64. The van der Waals surface area contributed by atoms with Gasteiger partial charge in [-0.1, -0.05) is 35.3 Å². The lowest BCUT2D eigenvalue weighted by atomic mass is 10.2. The molecule has 0 aromatic heterocycles. The van der Waals surface area contributed by atoms with Crippen LogP contribution in [0.2, 0.25) is 10.0 Å². The molecule has 0 saturated heterocycles. The van der Waals surface area contributed by atoms with Gasteiger partial charge in [-0.2, -0.15) is 0 Å². The van der Waals surface area contributed by atoms with E-state index in [1.807, 2.05) is 24.3 Å². The number of nitrogens with zero attached hydrogens (tertiary/aromatic N) is 1. The number of hydrogen-bond donors (Lipinski definition) is 1. The molecule has 1 aliphatic heterocycles. The van der Waals surface area contributed by atoms with Gasteiger partial charge in [0.05, 0.1) is 23.8 Å². The van der Waals surface area contributed by atoms with E-state index in [4.69, 9.17) is 32.7 Å². The number of carbonyl (C=O) groups is 1. The topological polar surface area (TPSA) is 50.8 Å². The predicted molar refractivity (Wildman–Crippen MR) is 99.1 cm³/mol. The van der Waals surface area contributed by atoms with Crippen LogP contribution in [-0.2, 0) is 4.79 Å². The first kappa shape index (κ1) is 17.7. The summed E-state index contributed by atoms with van der Waals surface area (Å²) in [5.74, 6) is 1.11. The van der Waals surface area contributed by atoms with Crippen LogP contribution in [0.4, 0.5) is 5.69 Å². The van der Waals surface area contributed by atoms with Crippen LogP contribution in [0, 0.1) is 0 Å². The molecule has 1 aliphatic rings. The second kappa shape index (κ2) is 7.85. The Labute approximate surface area is 156 Å². The normalized spacial score (nSPS) is 16.0. The van der Waals surface area contributed by atoms with Gasteiger partial charge < -0.3 is 19.7 Å². The van der Waals surface area contributed by atoms with E-state index < -0.39 is 6.10 Å². The van der Waals surface area contributed by atoms with E-state index in [1.165, 1.54) is 0 Å². The SMILES string of the molecule is CNC(=O)[C@H]1CN(CCOc2ccc(Cl)cc2Cl)c2ccccc2O1. The van der Waals surface area contributed by atoms with Crippen molar-refractivity contribution in [3.8, 4) is 11.5 Å². The zero-order valence-corrected chi connectivity index (χ0v) is 15.2. The third-order valence-electron chi connectivity index (χ3n) is 3.91. The summed E-state index contributed by atoms with van der Waals surface area (Å²) < 4.78 is 11.5. The molecule has 7 heteroatoms. The summed E-state index contributed by atoms with van der Waals surface area (Å²) in [6, 6.07) is 12.8. The van der Waals surface area contributed by atoms with Gasteiger partial charge in [0, 0.05) is 12.1 Å². The minimum atomic E-state index is -0.556. The van der Waals surface area contributed by atoms with E-state index >= 15 is 0 Å². The van der Waals surface area contributed by atoms with Crippen LogP contribution >= 0.6 is 23.2 Å². The largest absolute Gasteiger partial charge is 0.490 e. The summed E-state index contributed by atoms with van der Waals surface area (Å²) in [6.45, 7) is 1.46. The van der Waals surface area contributed by atoms with Gasteiger partial charge in [0.25, 0.3) is 5.91 Å². The number of benzene rings is 2. The molecule has 2 aromatic carbocycles. The van der Waals surface area contributed by atoms with E-state index in [0.717, 1.165) is 5.69 Å². The number of hydrogen-bond acceptors (Lipinski definition) is 4. The standard InChI is InChI=1S/C18H18Cl2N2O3/c1-21-18(23)17-11-22(14-4-2-3-5-16(14)25-17)8-9-24-15-7-6-12(19)10-13(15)20/h2-7,10,17H,8-9,11H2,1H3,(H,21,23)/t17-/m1/s1. The molecule has 0 radical (unpaired) electrons. The summed E-state index contributed by atoms with van der Waals surface area (Å²) in [5.41, 5.74) is 0.938.